The summed E-state index contributed by atoms with van der Waals surface area (Å²) in [6.45, 7) is 3.70. The van der Waals surface area contributed by atoms with Crippen LogP contribution in [0.15, 0.2) is 0 Å². The molecule has 5 nitrogen and oxygen atoms in total. The Morgan fingerprint density at radius 2 is 1.72 bits per heavy atom. The third-order valence-corrected chi connectivity index (χ3v) is 4.00. The second-order valence-electron chi connectivity index (χ2n) is 5.18. The second-order valence-corrected chi connectivity index (χ2v) is 5.18. The van der Waals surface area contributed by atoms with Crippen molar-refractivity contribution in [1.29, 1.82) is 0 Å². The lowest BCUT2D eigenvalue weighted by atomic mass is 9.94. The Hall–Kier alpha value is -1.39. The van der Waals surface area contributed by atoms with E-state index in [1.807, 2.05) is 6.92 Å². The highest BCUT2D eigenvalue weighted by Crippen LogP contribution is 2.27. The Balaban J connectivity index is 2.19. The Morgan fingerprint density at radius 1 is 1.11 bits per heavy atom. The fraction of sp³-hybridized carbons (Fsp3) is 0.769. The van der Waals surface area contributed by atoms with E-state index in [4.69, 9.17) is 0 Å². The van der Waals surface area contributed by atoms with Crippen molar-refractivity contribution in [3.05, 3.63) is 0 Å². The molecule has 100 valence electrons. The molecule has 0 aromatic heterocycles. The van der Waals surface area contributed by atoms with Crippen LogP contribution in [0.3, 0.4) is 0 Å². The summed E-state index contributed by atoms with van der Waals surface area (Å²) in [6.07, 6.45) is 5.54. The van der Waals surface area contributed by atoms with Gasteiger partial charge in [-0.3, -0.25) is 19.4 Å². The zero-order valence-electron chi connectivity index (χ0n) is 11.0. The zero-order valence-corrected chi connectivity index (χ0v) is 11.0. The van der Waals surface area contributed by atoms with Gasteiger partial charge >= 0.3 is 17.8 Å². The van der Waals surface area contributed by atoms with Gasteiger partial charge in [0.05, 0.1) is 0 Å². The first-order valence-corrected chi connectivity index (χ1v) is 6.78. The Bertz CT molecular complexity index is 374. The van der Waals surface area contributed by atoms with Gasteiger partial charge in [0.2, 0.25) is 0 Å². The number of nitrogens with zero attached hydrogens (tertiary/aromatic N) is 2. The highest BCUT2D eigenvalue weighted by Gasteiger charge is 2.48. The van der Waals surface area contributed by atoms with E-state index in [-0.39, 0.29) is 12.1 Å². The number of hydrogen-bond acceptors (Lipinski definition) is 3. The van der Waals surface area contributed by atoms with Crippen molar-refractivity contribution in [3.63, 3.8) is 0 Å². The summed E-state index contributed by atoms with van der Waals surface area (Å²) in [5.41, 5.74) is 0. The Kier molecular flexibility index (Phi) is 3.68. The molecule has 5 heteroatoms. The molecular formula is C13H20N2O3. The number of amides is 4. The van der Waals surface area contributed by atoms with E-state index in [1.54, 1.807) is 6.92 Å². The van der Waals surface area contributed by atoms with Crippen LogP contribution in [-0.2, 0) is 9.59 Å². The van der Waals surface area contributed by atoms with Crippen LogP contribution in [0.25, 0.3) is 0 Å². The molecule has 1 atom stereocenters. The predicted molar refractivity (Wildman–Crippen MR) is 65.7 cm³/mol. The van der Waals surface area contributed by atoms with Gasteiger partial charge in [0.25, 0.3) is 0 Å². The van der Waals surface area contributed by atoms with Gasteiger partial charge in [-0.25, -0.2) is 4.79 Å². The fourth-order valence-electron chi connectivity index (χ4n) is 2.73. The first-order valence-electron chi connectivity index (χ1n) is 6.78. The molecule has 1 saturated heterocycles. The van der Waals surface area contributed by atoms with E-state index < -0.39 is 17.8 Å². The van der Waals surface area contributed by atoms with Crippen molar-refractivity contribution >= 4 is 17.8 Å². The van der Waals surface area contributed by atoms with Crippen LogP contribution in [-0.4, -0.2) is 39.7 Å². The number of carbonyl (C=O) groups excluding carboxylic acids is 3. The van der Waals surface area contributed by atoms with Gasteiger partial charge in [-0.15, -0.1) is 0 Å². The minimum atomic E-state index is -0.653. The van der Waals surface area contributed by atoms with Gasteiger partial charge in [0, 0.05) is 12.1 Å². The summed E-state index contributed by atoms with van der Waals surface area (Å²) in [4.78, 5) is 38.4. The van der Waals surface area contributed by atoms with Crippen molar-refractivity contribution in [3.8, 4) is 0 Å². The fourth-order valence-corrected chi connectivity index (χ4v) is 2.73. The van der Waals surface area contributed by atoms with Gasteiger partial charge in [0.15, 0.2) is 0 Å². The van der Waals surface area contributed by atoms with Crippen LogP contribution >= 0.6 is 0 Å². The first kappa shape index (κ1) is 13.1. The summed E-state index contributed by atoms with van der Waals surface area (Å²) in [7, 11) is 0. The molecule has 0 radical (unpaired) electrons. The predicted octanol–water partition coefficient (Wildman–Crippen LogP) is 1.91. The Morgan fingerprint density at radius 3 is 2.28 bits per heavy atom. The van der Waals surface area contributed by atoms with E-state index in [1.165, 1.54) is 4.90 Å². The third kappa shape index (κ3) is 2.02. The second kappa shape index (κ2) is 5.08. The largest absolute Gasteiger partial charge is 0.334 e. The number of urea groups is 1. The quantitative estimate of drug-likeness (QED) is 0.569. The third-order valence-electron chi connectivity index (χ3n) is 4.00. The molecule has 0 N–H and O–H groups in total. The maximum atomic E-state index is 12.2. The lowest BCUT2D eigenvalue weighted by Gasteiger charge is -2.29. The summed E-state index contributed by atoms with van der Waals surface area (Å²) < 4.78 is 0. The number of carbonyl (C=O) groups is 3. The van der Waals surface area contributed by atoms with Gasteiger partial charge < -0.3 is 0 Å². The molecule has 0 spiro atoms. The molecule has 1 aliphatic carbocycles. The molecule has 1 heterocycles. The molecule has 18 heavy (non-hydrogen) atoms. The minimum Gasteiger partial charge on any atom is -0.263 e. The van der Waals surface area contributed by atoms with Gasteiger partial charge in [-0.1, -0.05) is 26.2 Å². The van der Waals surface area contributed by atoms with E-state index in [0.29, 0.717) is 6.42 Å². The van der Waals surface area contributed by atoms with E-state index in [0.717, 1.165) is 37.0 Å². The molecular weight excluding hydrogens is 232 g/mol. The first-order chi connectivity index (χ1) is 8.57. The maximum absolute atomic E-state index is 12.2. The van der Waals surface area contributed by atoms with Crippen LogP contribution < -0.4 is 0 Å². The monoisotopic (exact) mass is 252 g/mol. The zero-order chi connectivity index (χ0) is 13.3. The van der Waals surface area contributed by atoms with Crippen molar-refractivity contribution in [2.75, 3.05) is 0 Å². The highest BCUT2D eigenvalue weighted by atomic mass is 16.2. The molecule has 0 aromatic carbocycles. The summed E-state index contributed by atoms with van der Waals surface area (Å²) in [5.74, 6) is -1.29. The van der Waals surface area contributed by atoms with Crippen LogP contribution in [0, 0.1) is 0 Å². The maximum Gasteiger partial charge on any atom is 0.334 e. The van der Waals surface area contributed by atoms with Gasteiger partial charge in [-0.05, 0) is 26.2 Å². The van der Waals surface area contributed by atoms with E-state index in [2.05, 4.69) is 0 Å². The average Bonchev–Trinajstić information content (AvgIpc) is 2.61. The standard InChI is InChI=1S/C13H20N2O3/c1-3-9(2)14-11(16)12(17)15(13(14)18)10-7-5-4-6-8-10/h9-10H,3-8H2,1-2H3/t9-/m1/s1. The lowest BCUT2D eigenvalue weighted by Crippen LogP contribution is -2.43. The van der Waals surface area contributed by atoms with Crippen LogP contribution in [0.4, 0.5) is 4.79 Å². The number of imide groups is 2. The topological polar surface area (TPSA) is 57.7 Å². The molecule has 1 saturated carbocycles. The summed E-state index contributed by atoms with van der Waals surface area (Å²) in [6, 6.07) is -0.689. The van der Waals surface area contributed by atoms with E-state index >= 15 is 0 Å². The molecule has 2 aliphatic rings. The minimum absolute atomic E-state index is 0.0724. The summed E-state index contributed by atoms with van der Waals surface area (Å²) >= 11 is 0. The van der Waals surface area contributed by atoms with Crippen LogP contribution in [0.2, 0.25) is 0 Å². The van der Waals surface area contributed by atoms with Gasteiger partial charge in [0.1, 0.15) is 0 Å². The van der Waals surface area contributed by atoms with Crippen LogP contribution in [0.1, 0.15) is 52.4 Å². The molecule has 0 bridgehead atoms. The highest BCUT2D eigenvalue weighted by molar-refractivity contribution is 6.44. The lowest BCUT2D eigenvalue weighted by molar-refractivity contribution is -0.144. The number of hydrogen-bond donors (Lipinski definition) is 0. The normalized spacial score (nSPS) is 24.0. The van der Waals surface area contributed by atoms with Crippen molar-refractivity contribution in [1.82, 2.24) is 9.80 Å². The molecule has 4 amide bonds. The van der Waals surface area contributed by atoms with Crippen molar-refractivity contribution in [2.24, 2.45) is 0 Å². The number of rotatable bonds is 3. The molecule has 0 unspecified atom stereocenters. The van der Waals surface area contributed by atoms with Gasteiger partial charge in [-0.2, -0.15) is 0 Å². The smallest absolute Gasteiger partial charge is 0.263 e. The van der Waals surface area contributed by atoms with Crippen molar-refractivity contribution in [2.45, 2.75) is 64.5 Å². The molecule has 2 fully saturated rings. The van der Waals surface area contributed by atoms with Crippen molar-refractivity contribution < 1.29 is 14.4 Å². The molecule has 2 rings (SSSR count). The van der Waals surface area contributed by atoms with E-state index in [9.17, 15) is 14.4 Å². The van der Waals surface area contributed by atoms with Crippen LogP contribution in [0.5, 0.6) is 0 Å². The summed E-state index contributed by atoms with van der Waals surface area (Å²) in [5, 5.41) is 0. The SMILES string of the molecule is CC[C@@H](C)N1C(=O)C(=O)N(C2CCCCC2)C1=O. The molecule has 1 aliphatic heterocycles. The average molecular weight is 252 g/mol. The molecule has 0 aromatic rings. The Labute approximate surface area is 107 Å².